The standard InChI is InChI=1S/C12H25N5O6/c1-6(19)8(13)4-15-3-7(2-10(14)20)16-12(23)17-9(5-18)11(21)22/h6-9,15,18-19H,2-5,13H2,1H3,(H2,14,20)(H,21,22)(H2,16,17,23)/t6?,7-,8+,9-/m0/s1. The first-order valence-electron chi connectivity index (χ1n) is 7.00. The number of carbonyl (C=O) groups excluding carboxylic acids is 2. The zero-order valence-electron chi connectivity index (χ0n) is 12.9. The first kappa shape index (κ1) is 21.0. The molecule has 0 bridgehead atoms. The van der Waals surface area contributed by atoms with Crippen molar-refractivity contribution in [2.45, 2.75) is 37.6 Å². The smallest absolute Gasteiger partial charge is 0.328 e. The van der Waals surface area contributed by atoms with Crippen molar-refractivity contribution in [2.24, 2.45) is 11.5 Å². The number of hydrogen-bond donors (Lipinski definition) is 8. The van der Waals surface area contributed by atoms with Crippen LogP contribution in [0.5, 0.6) is 0 Å². The molecular formula is C12H25N5O6. The van der Waals surface area contributed by atoms with Crippen LogP contribution in [0.1, 0.15) is 13.3 Å². The van der Waals surface area contributed by atoms with Crippen molar-refractivity contribution in [1.82, 2.24) is 16.0 Å². The van der Waals surface area contributed by atoms with E-state index in [9.17, 15) is 19.5 Å². The summed E-state index contributed by atoms with van der Waals surface area (Å²) in [5.74, 6) is -2.05. The molecule has 0 saturated heterocycles. The number of rotatable bonds is 11. The van der Waals surface area contributed by atoms with Crippen LogP contribution in [0.25, 0.3) is 0 Å². The molecule has 0 aliphatic rings. The Morgan fingerprint density at radius 2 is 1.78 bits per heavy atom. The molecule has 0 saturated carbocycles. The van der Waals surface area contributed by atoms with E-state index in [4.69, 9.17) is 21.7 Å². The largest absolute Gasteiger partial charge is 0.480 e. The number of aliphatic hydroxyl groups is 2. The molecule has 11 heteroatoms. The predicted octanol–water partition coefficient (Wildman–Crippen LogP) is -3.73. The molecule has 0 aliphatic heterocycles. The molecule has 23 heavy (non-hydrogen) atoms. The Balaban J connectivity index is 4.45. The third-order valence-electron chi connectivity index (χ3n) is 2.96. The van der Waals surface area contributed by atoms with Gasteiger partial charge in [0.2, 0.25) is 5.91 Å². The number of nitrogens with two attached hydrogens (primary N) is 2. The monoisotopic (exact) mass is 335 g/mol. The van der Waals surface area contributed by atoms with E-state index in [0.717, 1.165) is 0 Å². The van der Waals surface area contributed by atoms with Crippen molar-refractivity contribution in [3.63, 3.8) is 0 Å². The van der Waals surface area contributed by atoms with Gasteiger partial charge in [-0.05, 0) is 6.92 Å². The van der Waals surface area contributed by atoms with E-state index in [0.29, 0.717) is 0 Å². The van der Waals surface area contributed by atoms with Crippen molar-refractivity contribution in [2.75, 3.05) is 19.7 Å². The summed E-state index contributed by atoms with van der Waals surface area (Å²) in [4.78, 5) is 33.4. The van der Waals surface area contributed by atoms with Crippen LogP contribution in [0.2, 0.25) is 0 Å². The molecule has 0 aromatic rings. The van der Waals surface area contributed by atoms with Gasteiger partial charge in [-0.2, -0.15) is 0 Å². The van der Waals surface area contributed by atoms with Crippen molar-refractivity contribution in [3.8, 4) is 0 Å². The molecular weight excluding hydrogens is 310 g/mol. The van der Waals surface area contributed by atoms with Gasteiger partial charge in [0.1, 0.15) is 0 Å². The minimum Gasteiger partial charge on any atom is -0.480 e. The first-order chi connectivity index (χ1) is 10.7. The van der Waals surface area contributed by atoms with Crippen LogP contribution in [-0.4, -0.2) is 77.2 Å². The molecule has 0 rings (SSSR count). The lowest BCUT2D eigenvalue weighted by Gasteiger charge is -2.21. The second-order valence-electron chi connectivity index (χ2n) is 5.12. The lowest BCUT2D eigenvalue weighted by atomic mass is 10.1. The quantitative estimate of drug-likeness (QED) is 0.188. The van der Waals surface area contributed by atoms with Crippen molar-refractivity contribution in [1.29, 1.82) is 0 Å². The Kier molecular flexibility index (Phi) is 9.81. The van der Waals surface area contributed by atoms with Gasteiger partial charge in [0, 0.05) is 25.6 Å². The summed E-state index contributed by atoms with van der Waals surface area (Å²) in [6.45, 7) is 1.13. The second-order valence-corrected chi connectivity index (χ2v) is 5.12. The minimum absolute atomic E-state index is 0.133. The second kappa shape index (κ2) is 10.7. The minimum atomic E-state index is -1.46. The summed E-state index contributed by atoms with van der Waals surface area (Å²) in [6.07, 6.45) is -0.907. The lowest BCUT2D eigenvalue weighted by Crippen LogP contribution is -2.54. The average molecular weight is 335 g/mol. The summed E-state index contributed by atoms with van der Waals surface area (Å²) in [5.41, 5.74) is 10.7. The van der Waals surface area contributed by atoms with Crippen LogP contribution in [0, 0.1) is 0 Å². The topological polar surface area (TPSA) is 200 Å². The fraction of sp³-hybridized carbons (Fsp3) is 0.750. The van der Waals surface area contributed by atoms with E-state index in [1.54, 1.807) is 0 Å². The summed E-state index contributed by atoms with van der Waals surface area (Å²) >= 11 is 0. The Morgan fingerprint density at radius 3 is 2.22 bits per heavy atom. The number of hydrogen-bond acceptors (Lipinski definition) is 7. The van der Waals surface area contributed by atoms with Gasteiger partial charge in [-0.3, -0.25) is 4.79 Å². The third-order valence-corrected chi connectivity index (χ3v) is 2.96. The zero-order chi connectivity index (χ0) is 18.0. The molecule has 10 N–H and O–H groups in total. The van der Waals surface area contributed by atoms with Crippen molar-refractivity contribution < 1.29 is 29.7 Å². The summed E-state index contributed by atoms with van der Waals surface area (Å²) in [5, 5.41) is 34.1. The summed E-state index contributed by atoms with van der Waals surface area (Å²) in [6, 6.07) is -3.55. The van der Waals surface area contributed by atoms with E-state index in [2.05, 4.69) is 10.6 Å². The van der Waals surface area contributed by atoms with Crippen LogP contribution in [0.15, 0.2) is 0 Å². The molecule has 0 heterocycles. The van der Waals surface area contributed by atoms with Gasteiger partial charge < -0.3 is 42.7 Å². The fourth-order valence-electron chi connectivity index (χ4n) is 1.58. The van der Waals surface area contributed by atoms with Gasteiger partial charge in [0.15, 0.2) is 6.04 Å². The van der Waals surface area contributed by atoms with Crippen LogP contribution < -0.4 is 27.4 Å². The van der Waals surface area contributed by atoms with Gasteiger partial charge in [-0.1, -0.05) is 0 Å². The maximum Gasteiger partial charge on any atom is 0.328 e. The Bertz CT molecular complexity index is 405. The molecule has 0 aromatic heterocycles. The van der Waals surface area contributed by atoms with E-state index in [1.165, 1.54) is 6.92 Å². The molecule has 0 radical (unpaired) electrons. The van der Waals surface area contributed by atoms with Gasteiger partial charge in [0.05, 0.1) is 18.8 Å². The van der Waals surface area contributed by atoms with Crippen LogP contribution in [0.3, 0.4) is 0 Å². The van der Waals surface area contributed by atoms with E-state index < -0.39 is 48.7 Å². The highest BCUT2D eigenvalue weighted by Crippen LogP contribution is 1.93. The lowest BCUT2D eigenvalue weighted by molar-refractivity contribution is -0.140. The SMILES string of the molecule is CC(O)[C@H](N)CNC[C@H](CC(N)=O)NC(=O)N[C@@H](CO)C(=O)O. The number of carboxylic acids is 1. The average Bonchev–Trinajstić information content (AvgIpc) is 2.43. The number of carbonyl (C=O) groups is 3. The number of nitrogens with one attached hydrogen (secondary N) is 3. The number of carboxylic acid groups (broad SMARTS) is 1. The maximum absolute atomic E-state index is 11.7. The van der Waals surface area contributed by atoms with Gasteiger partial charge in [-0.15, -0.1) is 0 Å². The van der Waals surface area contributed by atoms with E-state index in [1.807, 2.05) is 5.32 Å². The van der Waals surface area contributed by atoms with Crippen molar-refractivity contribution in [3.05, 3.63) is 0 Å². The molecule has 0 aliphatic carbocycles. The first-order valence-corrected chi connectivity index (χ1v) is 7.00. The summed E-state index contributed by atoms with van der Waals surface area (Å²) < 4.78 is 0. The van der Waals surface area contributed by atoms with Crippen LogP contribution in [0.4, 0.5) is 4.79 Å². The highest BCUT2D eigenvalue weighted by atomic mass is 16.4. The fourth-order valence-corrected chi connectivity index (χ4v) is 1.58. The Hall–Kier alpha value is -1.95. The molecule has 0 aromatic carbocycles. The molecule has 4 atom stereocenters. The third kappa shape index (κ3) is 9.63. The van der Waals surface area contributed by atoms with Crippen LogP contribution in [-0.2, 0) is 9.59 Å². The molecule has 3 amide bonds. The summed E-state index contributed by atoms with van der Waals surface area (Å²) in [7, 11) is 0. The highest BCUT2D eigenvalue weighted by Gasteiger charge is 2.21. The zero-order valence-corrected chi connectivity index (χ0v) is 12.9. The molecule has 0 fully saturated rings. The van der Waals surface area contributed by atoms with Crippen LogP contribution >= 0.6 is 0 Å². The Morgan fingerprint density at radius 1 is 1.17 bits per heavy atom. The molecule has 11 nitrogen and oxygen atoms in total. The number of urea groups is 1. The van der Waals surface area contributed by atoms with E-state index >= 15 is 0 Å². The predicted molar refractivity (Wildman–Crippen MR) is 80.3 cm³/mol. The maximum atomic E-state index is 11.7. The molecule has 1 unspecified atom stereocenters. The number of aliphatic hydroxyl groups excluding tert-OH is 2. The molecule has 134 valence electrons. The van der Waals surface area contributed by atoms with Crippen molar-refractivity contribution >= 4 is 17.9 Å². The normalized spacial score (nSPS) is 16.0. The van der Waals surface area contributed by atoms with Gasteiger partial charge in [0.25, 0.3) is 0 Å². The van der Waals surface area contributed by atoms with Gasteiger partial charge in [-0.25, -0.2) is 9.59 Å². The number of primary amides is 1. The highest BCUT2D eigenvalue weighted by molar-refractivity contribution is 5.83. The number of amides is 3. The van der Waals surface area contributed by atoms with E-state index in [-0.39, 0.29) is 19.5 Å². The number of aliphatic carboxylic acids is 1. The Labute approximate surface area is 133 Å². The molecule has 0 spiro atoms. The van der Waals surface area contributed by atoms with Gasteiger partial charge >= 0.3 is 12.0 Å².